The minimum atomic E-state index is -0.149. The van der Waals surface area contributed by atoms with Crippen LogP contribution in [-0.4, -0.2) is 5.78 Å². The second kappa shape index (κ2) is 6.19. The predicted octanol–water partition coefficient (Wildman–Crippen LogP) is 3.27. The monoisotopic (exact) mass is 287 g/mol. The van der Waals surface area contributed by atoms with Gasteiger partial charge in [0.05, 0.1) is 6.07 Å². The Balaban J connectivity index is 2.16. The molecule has 0 fully saturated rings. The minimum Gasteiger partial charge on any atom is -0.286 e. The van der Waals surface area contributed by atoms with Crippen LogP contribution in [0.15, 0.2) is 66.7 Å². The third-order valence-electron chi connectivity index (χ3n) is 3.65. The zero-order valence-corrected chi connectivity index (χ0v) is 12.1. The van der Waals surface area contributed by atoms with Crippen LogP contribution in [0.1, 0.15) is 22.5 Å². The van der Waals surface area contributed by atoms with E-state index in [1.807, 2.05) is 77.4 Å². The molecule has 3 nitrogen and oxygen atoms in total. The van der Waals surface area contributed by atoms with Gasteiger partial charge in [0.15, 0.2) is 6.54 Å². The van der Waals surface area contributed by atoms with Gasteiger partial charge in [-0.3, -0.25) is 4.79 Å². The van der Waals surface area contributed by atoms with Crippen LogP contribution >= 0.6 is 0 Å². The van der Waals surface area contributed by atoms with Crippen LogP contribution in [0.25, 0.3) is 10.9 Å². The second-order valence-corrected chi connectivity index (χ2v) is 5.11. The molecule has 1 aromatic heterocycles. The lowest BCUT2D eigenvalue weighted by Crippen LogP contribution is -2.41. The van der Waals surface area contributed by atoms with Gasteiger partial charge in [0.2, 0.25) is 11.3 Å². The van der Waals surface area contributed by atoms with E-state index < -0.39 is 0 Å². The molecule has 0 saturated heterocycles. The third kappa shape index (κ3) is 2.72. The molecule has 0 unspecified atom stereocenters. The molecule has 3 heteroatoms. The van der Waals surface area contributed by atoms with E-state index in [9.17, 15) is 4.79 Å². The molecule has 0 aliphatic carbocycles. The lowest BCUT2D eigenvalue weighted by atomic mass is 10.1. The molecule has 106 valence electrons. The van der Waals surface area contributed by atoms with Crippen molar-refractivity contribution in [3.63, 3.8) is 0 Å². The van der Waals surface area contributed by atoms with Crippen LogP contribution in [0, 0.1) is 11.3 Å². The number of rotatable bonds is 4. The fraction of sp³-hybridized carbons (Fsp3) is 0.105. The summed E-state index contributed by atoms with van der Waals surface area (Å²) in [5, 5.41) is 9.89. The molecule has 3 rings (SSSR count). The number of carbonyl (C=O) groups excluding carboxylic acids is 1. The Kier molecular flexibility index (Phi) is 3.93. The molecular formula is C19H15N2O+. The normalized spacial score (nSPS) is 10.3. The molecule has 22 heavy (non-hydrogen) atoms. The van der Waals surface area contributed by atoms with Crippen molar-refractivity contribution in [1.82, 2.24) is 0 Å². The number of ketones is 1. The van der Waals surface area contributed by atoms with Crippen molar-refractivity contribution in [2.75, 3.05) is 0 Å². The second-order valence-electron chi connectivity index (χ2n) is 5.11. The van der Waals surface area contributed by atoms with E-state index in [-0.39, 0.29) is 12.2 Å². The summed E-state index contributed by atoms with van der Waals surface area (Å²) >= 11 is 0. The zero-order chi connectivity index (χ0) is 15.4. The maximum Gasteiger partial charge on any atom is 0.250 e. The maximum absolute atomic E-state index is 12.3. The summed E-state index contributed by atoms with van der Waals surface area (Å²) in [4.78, 5) is 12.3. The van der Waals surface area contributed by atoms with E-state index in [0.717, 1.165) is 16.5 Å². The molecule has 0 aliphatic heterocycles. The van der Waals surface area contributed by atoms with Gasteiger partial charge in [-0.2, -0.15) is 9.83 Å². The lowest BCUT2D eigenvalue weighted by molar-refractivity contribution is -0.664. The number of hydrogen-bond acceptors (Lipinski definition) is 2. The number of aromatic nitrogens is 1. The van der Waals surface area contributed by atoms with E-state index in [4.69, 9.17) is 5.26 Å². The maximum atomic E-state index is 12.3. The first-order valence-electron chi connectivity index (χ1n) is 7.15. The highest BCUT2D eigenvalue weighted by Gasteiger charge is 2.22. The van der Waals surface area contributed by atoms with Gasteiger partial charge in [0, 0.05) is 23.1 Å². The minimum absolute atomic E-state index is 0.104. The summed E-state index contributed by atoms with van der Waals surface area (Å²) in [6, 6.07) is 23.7. The smallest absolute Gasteiger partial charge is 0.250 e. The molecule has 1 heterocycles. The van der Waals surface area contributed by atoms with Crippen molar-refractivity contribution in [1.29, 1.82) is 5.26 Å². The van der Waals surface area contributed by atoms with Crippen LogP contribution < -0.4 is 4.57 Å². The summed E-state index contributed by atoms with van der Waals surface area (Å²) in [5.41, 5.74) is 2.69. The summed E-state index contributed by atoms with van der Waals surface area (Å²) in [5.74, 6) is -0.149. The molecule has 0 bridgehead atoms. The number of hydrogen-bond donors (Lipinski definition) is 0. The summed E-state index contributed by atoms with van der Waals surface area (Å²) < 4.78 is 1.99. The average molecular weight is 287 g/mol. The molecule has 0 spiro atoms. The fourth-order valence-electron chi connectivity index (χ4n) is 2.60. The Hall–Kier alpha value is -2.99. The molecule has 3 aromatic rings. The standard InChI is InChI=1S/C19H15N2O/c20-13-12-19(22)18-11-10-16-8-4-5-9-17(16)21(18)14-15-6-2-1-3-7-15/h1-11H,12,14H2/q+1. The topological polar surface area (TPSA) is 44.7 Å². The van der Waals surface area contributed by atoms with Gasteiger partial charge in [-0.25, -0.2) is 0 Å². The SMILES string of the molecule is N#CCC(=O)c1ccc2ccccc2[n+]1Cc1ccccc1. The average Bonchev–Trinajstić information content (AvgIpc) is 2.56. The lowest BCUT2D eigenvalue weighted by Gasteiger charge is -2.06. The van der Waals surface area contributed by atoms with Gasteiger partial charge in [-0.1, -0.05) is 42.5 Å². The Morgan fingerprint density at radius 2 is 1.68 bits per heavy atom. The van der Waals surface area contributed by atoms with E-state index in [1.54, 1.807) is 0 Å². The van der Waals surface area contributed by atoms with Crippen molar-refractivity contribution in [3.8, 4) is 6.07 Å². The van der Waals surface area contributed by atoms with Crippen molar-refractivity contribution in [2.45, 2.75) is 13.0 Å². The summed E-state index contributed by atoms with van der Waals surface area (Å²) in [6.07, 6.45) is -0.104. The Labute approximate surface area is 129 Å². The van der Waals surface area contributed by atoms with Gasteiger partial charge in [0.1, 0.15) is 6.42 Å². The van der Waals surface area contributed by atoms with E-state index >= 15 is 0 Å². The van der Waals surface area contributed by atoms with Gasteiger partial charge in [0.25, 0.3) is 5.69 Å². The first kappa shape index (κ1) is 14.0. The van der Waals surface area contributed by atoms with Crippen LogP contribution in [0.2, 0.25) is 0 Å². The van der Waals surface area contributed by atoms with Gasteiger partial charge in [-0.05, 0) is 12.1 Å². The summed E-state index contributed by atoms with van der Waals surface area (Å²) in [7, 11) is 0. The molecule has 0 N–H and O–H groups in total. The number of carbonyl (C=O) groups is 1. The number of fused-ring (bicyclic) bond motifs is 1. The molecule has 0 radical (unpaired) electrons. The first-order valence-corrected chi connectivity index (χ1v) is 7.15. The fourth-order valence-corrected chi connectivity index (χ4v) is 2.60. The Morgan fingerprint density at radius 3 is 2.45 bits per heavy atom. The van der Waals surface area contributed by atoms with Crippen molar-refractivity contribution >= 4 is 16.7 Å². The van der Waals surface area contributed by atoms with Gasteiger partial charge >= 0.3 is 0 Å². The largest absolute Gasteiger partial charge is 0.286 e. The van der Waals surface area contributed by atoms with Crippen LogP contribution in [0.4, 0.5) is 0 Å². The quantitative estimate of drug-likeness (QED) is 0.546. The number of nitrogens with zero attached hydrogens (tertiary/aromatic N) is 2. The highest BCUT2D eigenvalue weighted by Crippen LogP contribution is 2.13. The molecule has 2 aromatic carbocycles. The van der Waals surface area contributed by atoms with Crippen molar-refractivity contribution < 1.29 is 9.36 Å². The van der Waals surface area contributed by atoms with Crippen molar-refractivity contribution in [2.24, 2.45) is 0 Å². The highest BCUT2D eigenvalue weighted by molar-refractivity contribution is 5.95. The van der Waals surface area contributed by atoms with Crippen LogP contribution in [0.5, 0.6) is 0 Å². The number of Topliss-reactive ketones (excluding diaryl/α,β-unsaturated/α-hetero) is 1. The number of pyridine rings is 1. The van der Waals surface area contributed by atoms with Crippen LogP contribution in [-0.2, 0) is 6.54 Å². The Bertz CT molecular complexity index is 863. The Morgan fingerprint density at radius 1 is 0.955 bits per heavy atom. The number of benzene rings is 2. The molecule has 0 saturated carbocycles. The van der Waals surface area contributed by atoms with Crippen LogP contribution in [0.3, 0.4) is 0 Å². The number of para-hydroxylation sites is 1. The van der Waals surface area contributed by atoms with Crippen molar-refractivity contribution in [3.05, 3.63) is 78.0 Å². The zero-order valence-electron chi connectivity index (χ0n) is 12.1. The molecule has 0 aliphatic rings. The first-order chi connectivity index (χ1) is 10.8. The predicted molar refractivity (Wildman–Crippen MR) is 84.2 cm³/mol. The summed E-state index contributed by atoms with van der Waals surface area (Å²) in [6.45, 7) is 0.606. The van der Waals surface area contributed by atoms with E-state index in [2.05, 4.69) is 0 Å². The van der Waals surface area contributed by atoms with E-state index in [0.29, 0.717) is 12.2 Å². The molecular weight excluding hydrogens is 272 g/mol. The van der Waals surface area contributed by atoms with E-state index in [1.165, 1.54) is 0 Å². The molecule has 0 atom stereocenters. The molecule has 0 amide bonds. The highest BCUT2D eigenvalue weighted by atomic mass is 16.1. The third-order valence-corrected chi connectivity index (χ3v) is 3.65. The van der Waals surface area contributed by atoms with Gasteiger partial charge in [-0.15, -0.1) is 0 Å². The van der Waals surface area contributed by atoms with Gasteiger partial charge < -0.3 is 0 Å². The number of nitriles is 1.